The van der Waals surface area contributed by atoms with Crippen LogP contribution in [-0.2, 0) is 22.4 Å². The number of thiophene rings is 1. The van der Waals surface area contributed by atoms with Gasteiger partial charge in [-0.15, -0.1) is 11.3 Å². The molecule has 1 atom stereocenters. The van der Waals surface area contributed by atoms with E-state index in [1.807, 2.05) is 0 Å². The summed E-state index contributed by atoms with van der Waals surface area (Å²) in [4.78, 5) is 30.6. The Bertz CT molecular complexity index is 833. The van der Waals surface area contributed by atoms with E-state index in [1.165, 1.54) is 11.3 Å². The molecule has 0 aromatic carbocycles. The summed E-state index contributed by atoms with van der Waals surface area (Å²) in [5.74, 6) is 0.439. The number of fused-ring (bicyclic) bond motifs is 2. The molecule has 2 aliphatic rings. The van der Waals surface area contributed by atoms with Crippen molar-refractivity contribution in [2.24, 2.45) is 0 Å². The van der Waals surface area contributed by atoms with Crippen LogP contribution < -0.4 is 5.56 Å². The van der Waals surface area contributed by atoms with E-state index in [1.54, 1.807) is 11.5 Å². The first-order valence-corrected chi connectivity index (χ1v) is 8.78. The fourth-order valence-electron chi connectivity index (χ4n) is 3.28. The molecule has 23 heavy (non-hydrogen) atoms. The Hall–Kier alpha value is -1.73. The molecule has 2 aliphatic heterocycles. The first-order chi connectivity index (χ1) is 11.1. The molecule has 4 heterocycles. The standard InChI is InChI=1S/C16H18N2O4S/c1-9-12-14(17-11-5-2-6-18(11)15(12)19)23-13(9)16(20)22-8-10-4-3-7-21-10/h10H,2-8H2,1H3. The molecule has 0 saturated carbocycles. The molecule has 2 aromatic rings. The molecule has 4 rings (SSSR count). The third kappa shape index (κ3) is 2.48. The second-order valence-corrected chi connectivity index (χ2v) is 7.06. The number of carbonyl (C=O) groups is 1. The van der Waals surface area contributed by atoms with E-state index >= 15 is 0 Å². The maximum Gasteiger partial charge on any atom is 0.348 e. The fourth-order valence-corrected chi connectivity index (χ4v) is 4.36. The normalized spacial score (nSPS) is 20.1. The SMILES string of the molecule is Cc1c(C(=O)OCC2CCCO2)sc2nc3n(c(=O)c12)CCC3. The van der Waals surface area contributed by atoms with Gasteiger partial charge in [-0.1, -0.05) is 0 Å². The van der Waals surface area contributed by atoms with E-state index in [-0.39, 0.29) is 24.2 Å². The molecule has 2 aromatic heterocycles. The lowest BCUT2D eigenvalue weighted by Crippen LogP contribution is -2.21. The number of ether oxygens (including phenoxy) is 2. The average Bonchev–Trinajstić information content (AvgIpc) is 3.25. The number of hydrogen-bond donors (Lipinski definition) is 0. The van der Waals surface area contributed by atoms with Gasteiger partial charge >= 0.3 is 5.97 Å². The summed E-state index contributed by atoms with van der Waals surface area (Å²) >= 11 is 1.25. The zero-order valence-electron chi connectivity index (χ0n) is 13.0. The van der Waals surface area contributed by atoms with Gasteiger partial charge < -0.3 is 9.47 Å². The number of nitrogens with zero attached hydrogens (tertiary/aromatic N) is 2. The summed E-state index contributed by atoms with van der Waals surface area (Å²) in [6.45, 7) is 3.52. The van der Waals surface area contributed by atoms with Crippen LogP contribution in [0.4, 0.5) is 0 Å². The van der Waals surface area contributed by atoms with Crippen LogP contribution in [0.2, 0.25) is 0 Å². The molecular weight excluding hydrogens is 316 g/mol. The Kier molecular flexibility index (Phi) is 3.69. The van der Waals surface area contributed by atoms with Crippen molar-refractivity contribution in [2.75, 3.05) is 13.2 Å². The molecule has 0 spiro atoms. The van der Waals surface area contributed by atoms with E-state index < -0.39 is 0 Å². The minimum atomic E-state index is -0.384. The Morgan fingerprint density at radius 2 is 2.35 bits per heavy atom. The highest BCUT2D eigenvalue weighted by Gasteiger charge is 2.25. The summed E-state index contributed by atoms with van der Waals surface area (Å²) in [5.41, 5.74) is 0.650. The van der Waals surface area contributed by atoms with Gasteiger partial charge in [-0.25, -0.2) is 9.78 Å². The third-order valence-corrected chi connectivity index (χ3v) is 5.69. The number of hydrogen-bond acceptors (Lipinski definition) is 6. The molecule has 0 radical (unpaired) electrons. The third-order valence-electron chi connectivity index (χ3n) is 4.52. The van der Waals surface area contributed by atoms with Crippen molar-refractivity contribution in [3.63, 3.8) is 0 Å². The minimum absolute atomic E-state index is 0.00110. The van der Waals surface area contributed by atoms with Crippen LogP contribution in [0.25, 0.3) is 10.2 Å². The molecule has 0 aliphatic carbocycles. The van der Waals surface area contributed by atoms with Crippen LogP contribution in [0.5, 0.6) is 0 Å². The van der Waals surface area contributed by atoms with Crippen molar-refractivity contribution in [3.05, 3.63) is 26.6 Å². The molecular formula is C16H18N2O4S. The second kappa shape index (κ2) is 5.72. The lowest BCUT2D eigenvalue weighted by molar-refractivity contribution is 0.0165. The van der Waals surface area contributed by atoms with Gasteiger partial charge in [-0.3, -0.25) is 9.36 Å². The van der Waals surface area contributed by atoms with E-state index in [9.17, 15) is 9.59 Å². The first kappa shape index (κ1) is 14.8. The van der Waals surface area contributed by atoms with Gasteiger partial charge in [0.05, 0.1) is 11.5 Å². The zero-order valence-corrected chi connectivity index (χ0v) is 13.8. The predicted molar refractivity (Wildman–Crippen MR) is 86.2 cm³/mol. The highest BCUT2D eigenvalue weighted by molar-refractivity contribution is 7.20. The van der Waals surface area contributed by atoms with Crippen molar-refractivity contribution >= 4 is 27.5 Å². The molecule has 122 valence electrons. The van der Waals surface area contributed by atoms with Gasteiger partial charge in [0, 0.05) is 19.6 Å². The van der Waals surface area contributed by atoms with E-state index in [0.717, 1.165) is 38.1 Å². The van der Waals surface area contributed by atoms with Crippen molar-refractivity contribution < 1.29 is 14.3 Å². The summed E-state index contributed by atoms with van der Waals surface area (Å²) in [6, 6.07) is 0. The quantitative estimate of drug-likeness (QED) is 0.804. The summed E-state index contributed by atoms with van der Waals surface area (Å²) in [7, 11) is 0. The van der Waals surface area contributed by atoms with Crippen molar-refractivity contribution in [2.45, 2.75) is 45.3 Å². The summed E-state index contributed by atoms with van der Waals surface area (Å²) < 4.78 is 12.6. The van der Waals surface area contributed by atoms with Gasteiger partial charge in [-0.05, 0) is 31.7 Å². The average molecular weight is 334 g/mol. The van der Waals surface area contributed by atoms with Crippen LogP contribution in [0.3, 0.4) is 0 Å². The van der Waals surface area contributed by atoms with Crippen LogP contribution >= 0.6 is 11.3 Å². The molecule has 6 nitrogen and oxygen atoms in total. The molecule has 0 bridgehead atoms. The van der Waals surface area contributed by atoms with Crippen molar-refractivity contribution in [1.29, 1.82) is 0 Å². The number of carbonyl (C=O) groups excluding carboxylic acids is 1. The molecule has 1 fully saturated rings. The van der Waals surface area contributed by atoms with E-state index in [4.69, 9.17) is 9.47 Å². The number of aromatic nitrogens is 2. The topological polar surface area (TPSA) is 70.4 Å². The highest BCUT2D eigenvalue weighted by atomic mass is 32.1. The van der Waals surface area contributed by atoms with Gasteiger partial charge in [0.2, 0.25) is 0 Å². The Balaban J connectivity index is 1.65. The monoisotopic (exact) mass is 334 g/mol. The summed E-state index contributed by atoms with van der Waals surface area (Å²) in [5, 5.41) is 0.560. The summed E-state index contributed by atoms with van der Waals surface area (Å²) in [6.07, 6.45) is 3.71. The largest absolute Gasteiger partial charge is 0.459 e. The molecule has 1 unspecified atom stereocenters. The van der Waals surface area contributed by atoms with E-state index in [0.29, 0.717) is 27.2 Å². The molecule has 1 saturated heterocycles. The Morgan fingerprint density at radius 3 is 3.13 bits per heavy atom. The molecule has 0 amide bonds. The maximum absolute atomic E-state index is 12.6. The highest BCUT2D eigenvalue weighted by Crippen LogP contribution is 2.29. The van der Waals surface area contributed by atoms with Crippen LogP contribution in [0.1, 0.15) is 40.3 Å². The predicted octanol–water partition coefficient (Wildman–Crippen LogP) is 2.05. The smallest absolute Gasteiger partial charge is 0.348 e. The first-order valence-electron chi connectivity index (χ1n) is 7.96. The Labute approximate surface area is 137 Å². The van der Waals surface area contributed by atoms with Gasteiger partial charge in [0.1, 0.15) is 22.1 Å². The number of aryl methyl sites for hydroxylation is 2. The second-order valence-electron chi connectivity index (χ2n) is 6.06. The number of esters is 1. The lowest BCUT2D eigenvalue weighted by atomic mass is 10.2. The molecule has 0 N–H and O–H groups in total. The van der Waals surface area contributed by atoms with Crippen LogP contribution in [0.15, 0.2) is 4.79 Å². The minimum Gasteiger partial charge on any atom is -0.459 e. The van der Waals surface area contributed by atoms with Gasteiger partial charge in [-0.2, -0.15) is 0 Å². The van der Waals surface area contributed by atoms with Crippen molar-refractivity contribution in [3.8, 4) is 0 Å². The fraction of sp³-hybridized carbons (Fsp3) is 0.562. The van der Waals surface area contributed by atoms with Crippen molar-refractivity contribution in [1.82, 2.24) is 9.55 Å². The van der Waals surface area contributed by atoms with Gasteiger partial charge in [0.15, 0.2) is 0 Å². The number of rotatable bonds is 3. The van der Waals surface area contributed by atoms with Crippen LogP contribution in [0, 0.1) is 6.92 Å². The van der Waals surface area contributed by atoms with Gasteiger partial charge in [0.25, 0.3) is 5.56 Å². The lowest BCUT2D eigenvalue weighted by Gasteiger charge is -2.09. The zero-order chi connectivity index (χ0) is 16.0. The van der Waals surface area contributed by atoms with E-state index in [2.05, 4.69) is 4.98 Å². The Morgan fingerprint density at radius 1 is 1.48 bits per heavy atom. The maximum atomic E-state index is 12.6. The molecule has 7 heteroatoms. The van der Waals surface area contributed by atoms with Crippen LogP contribution in [-0.4, -0.2) is 34.8 Å².